The molecular weight excluding hydrogens is 264 g/mol. The molecule has 1 unspecified atom stereocenters. The molecule has 0 amide bonds. The summed E-state index contributed by atoms with van der Waals surface area (Å²) in [7, 11) is -3.68. The maximum absolute atomic E-state index is 11.9. The molecule has 0 aromatic heterocycles. The molecule has 0 fully saturated rings. The third-order valence-electron chi connectivity index (χ3n) is 2.12. The van der Waals surface area contributed by atoms with Crippen LogP contribution >= 0.6 is 11.6 Å². The largest absolute Gasteiger partial charge is 0.398 e. The third-order valence-corrected chi connectivity index (χ3v) is 3.87. The number of benzene rings is 1. The monoisotopic (exact) mass is 278 g/mol. The molecule has 1 aromatic carbocycles. The summed E-state index contributed by atoms with van der Waals surface area (Å²) in [6.07, 6.45) is -0.228. The van der Waals surface area contributed by atoms with E-state index in [1.165, 1.54) is 18.2 Å². The van der Waals surface area contributed by atoms with Crippen molar-refractivity contribution in [3.8, 4) is 0 Å². The Morgan fingerprint density at radius 2 is 2.18 bits per heavy atom. The Morgan fingerprint density at radius 3 is 2.76 bits per heavy atom. The minimum absolute atomic E-state index is 0.0457. The molecule has 0 saturated heterocycles. The average molecular weight is 279 g/mol. The Kier molecular flexibility index (Phi) is 4.76. The normalized spacial score (nSPS) is 13.6. The minimum atomic E-state index is -3.68. The van der Waals surface area contributed by atoms with E-state index < -0.39 is 16.1 Å². The fraction of sp³-hybridized carbons (Fsp3) is 0.400. The molecule has 0 bridgehead atoms. The van der Waals surface area contributed by atoms with E-state index in [1.807, 2.05) is 0 Å². The van der Waals surface area contributed by atoms with Crippen LogP contribution in [0.15, 0.2) is 23.1 Å². The molecule has 1 aromatic rings. The molecule has 0 spiro atoms. The molecular formula is C10H15ClN2O3S. The highest BCUT2D eigenvalue weighted by atomic mass is 35.5. The zero-order valence-corrected chi connectivity index (χ0v) is 10.9. The molecule has 96 valence electrons. The zero-order chi connectivity index (χ0) is 13.1. The summed E-state index contributed by atoms with van der Waals surface area (Å²) < 4.78 is 26.1. The van der Waals surface area contributed by atoms with Gasteiger partial charge in [0, 0.05) is 11.6 Å². The lowest BCUT2D eigenvalue weighted by atomic mass is 10.3. The van der Waals surface area contributed by atoms with E-state index in [0.717, 1.165) is 0 Å². The number of sulfonamides is 1. The van der Waals surface area contributed by atoms with Crippen LogP contribution in [0.3, 0.4) is 0 Å². The Hall–Kier alpha value is -0.820. The van der Waals surface area contributed by atoms with Crippen LogP contribution in [0, 0.1) is 0 Å². The highest BCUT2D eigenvalue weighted by molar-refractivity contribution is 7.89. The van der Waals surface area contributed by atoms with E-state index in [2.05, 4.69) is 4.72 Å². The molecule has 0 aliphatic heterocycles. The lowest BCUT2D eigenvalue weighted by Gasteiger charge is -2.10. The molecule has 0 saturated carbocycles. The first-order chi connectivity index (χ1) is 7.83. The molecule has 0 aliphatic carbocycles. The second kappa shape index (κ2) is 5.68. The Bertz CT molecular complexity index is 488. The third kappa shape index (κ3) is 4.16. The summed E-state index contributed by atoms with van der Waals surface area (Å²) in [5, 5.41) is 9.34. The van der Waals surface area contributed by atoms with Gasteiger partial charge < -0.3 is 10.8 Å². The molecule has 0 radical (unpaired) electrons. The predicted octanol–water partition coefficient (Wildman–Crippen LogP) is 0.971. The van der Waals surface area contributed by atoms with E-state index in [4.69, 9.17) is 22.4 Å². The molecule has 0 heterocycles. The van der Waals surface area contributed by atoms with Crippen molar-refractivity contribution in [2.45, 2.75) is 24.3 Å². The van der Waals surface area contributed by atoms with Crippen LogP contribution in [0.25, 0.3) is 0 Å². The van der Waals surface area contributed by atoms with Crippen LogP contribution < -0.4 is 10.5 Å². The van der Waals surface area contributed by atoms with Crippen LogP contribution in [0.1, 0.15) is 13.3 Å². The van der Waals surface area contributed by atoms with Crippen molar-refractivity contribution >= 4 is 27.3 Å². The van der Waals surface area contributed by atoms with Gasteiger partial charge in [0.1, 0.15) is 4.90 Å². The van der Waals surface area contributed by atoms with Gasteiger partial charge in [-0.2, -0.15) is 0 Å². The topological polar surface area (TPSA) is 92.4 Å². The molecule has 0 aliphatic rings. The second-order valence-corrected chi connectivity index (χ2v) is 5.89. The summed E-state index contributed by atoms with van der Waals surface area (Å²) in [5.41, 5.74) is 5.72. The van der Waals surface area contributed by atoms with Crippen molar-refractivity contribution in [3.05, 3.63) is 23.2 Å². The number of hydrogen-bond donors (Lipinski definition) is 3. The van der Waals surface area contributed by atoms with Gasteiger partial charge in [-0.25, -0.2) is 13.1 Å². The van der Waals surface area contributed by atoms with Gasteiger partial charge in [-0.3, -0.25) is 0 Å². The predicted molar refractivity (Wildman–Crippen MR) is 67.4 cm³/mol. The van der Waals surface area contributed by atoms with Crippen molar-refractivity contribution in [1.29, 1.82) is 0 Å². The number of nitrogen functional groups attached to an aromatic ring is 1. The van der Waals surface area contributed by atoms with Gasteiger partial charge in [0.2, 0.25) is 10.0 Å². The van der Waals surface area contributed by atoms with Gasteiger partial charge in [0.25, 0.3) is 0 Å². The summed E-state index contributed by atoms with van der Waals surface area (Å²) in [5.74, 6) is 0. The highest BCUT2D eigenvalue weighted by Crippen LogP contribution is 2.22. The average Bonchev–Trinajstić information content (AvgIpc) is 2.20. The van der Waals surface area contributed by atoms with Crippen molar-refractivity contribution in [1.82, 2.24) is 4.72 Å². The fourth-order valence-electron chi connectivity index (χ4n) is 1.22. The maximum Gasteiger partial charge on any atom is 0.242 e. The standard InChI is InChI=1S/C10H15ClN2O3S/c1-7(14)4-5-13-17(15,16)10-6-8(11)2-3-9(10)12/h2-3,6-7,13-14H,4-5,12H2,1H3. The van der Waals surface area contributed by atoms with E-state index >= 15 is 0 Å². The molecule has 1 atom stereocenters. The van der Waals surface area contributed by atoms with Crippen molar-refractivity contribution in [2.24, 2.45) is 0 Å². The SMILES string of the molecule is CC(O)CCNS(=O)(=O)c1cc(Cl)ccc1N. The lowest BCUT2D eigenvalue weighted by Crippen LogP contribution is -2.27. The Labute approximate surface area is 106 Å². The quantitative estimate of drug-likeness (QED) is 0.700. The molecule has 7 heteroatoms. The highest BCUT2D eigenvalue weighted by Gasteiger charge is 2.17. The van der Waals surface area contributed by atoms with Gasteiger partial charge in [0.15, 0.2) is 0 Å². The Balaban J connectivity index is 2.86. The molecule has 5 nitrogen and oxygen atoms in total. The van der Waals surface area contributed by atoms with Crippen molar-refractivity contribution < 1.29 is 13.5 Å². The zero-order valence-electron chi connectivity index (χ0n) is 9.35. The number of halogens is 1. The Morgan fingerprint density at radius 1 is 1.53 bits per heavy atom. The van der Waals surface area contributed by atoms with E-state index in [1.54, 1.807) is 6.92 Å². The van der Waals surface area contributed by atoms with Crippen LogP contribution in [0.2, 0.25) is 5.02 Å². The van der Waals surface area contributed by atoms with Crippen LogP contribution in [-0.2, 0) is 10.0 Å². The van der Waals surface area contributed by atoms with Crippen LogP contribution in [-0.4, -0.2) is 26.2 Å². The number of hydrogen-bond acceptors (Lipinski definition) is 4. The second-order valence-electron chi connectivity index (χ2n) is 3.72. The maximum atomic E-state index is 11.9. The summed E-state index contributed by atoms with van der Waals surface area (Å²) in [4.78, 5) is -0.0457. The van der Waals surface area contributed by atoms with Gasteiger partial charge >= 0.3 is 0 Å². The first-order valence-corrected chi connectivity index (χ1v) is 6.92. The van der Waals surface area contributed by atoms with E-state index in [0.29, 0.717) is 11.4 Å². The first kappa shape index (κ1) is 14.2. The van der Waals surface area contributed by atoms with Gasteiger partial charge in [-0.05, 0) is 31.5 Å². The lowest BCUT2D eigenvalue weighted by molar-refractivity contribution is 0.186. The van der Waals surface area contributed by atoms with Crippen LogP contribution in [0.5, 0.6) is 0 Å². The number of nitrogens with one attached hydrogen (secondary N) is 1. The molecule has 4 N–H and O–H groups in total. The first-order valence-electron chi connectivity index (χ1n) is 5.05. The fourth-order valence-corrected chi connectivity index (χ4v) is 2.66. The summed E-state index contributed by atoms with van der Waals surface area (Å²) in [6, 6.07) is 4.25. The van der Waals surface area contributed by atoms with E-state index in [9.17, 15) is 8.42 Å². The molecule has 1 rings (SSSR count). The minimum Gasteiger partial charge on any atom is -0.398 e. The summed E-state index contributed by atoms with van der Waals surface area (Å²) in [6.45, 7) is 1.73. The number of aliphatic hydroxyl groups is 1. The van der Waals surface area contributed by atoms with Gasteiger partial charge in [-0.1, -0.05) is 11.6 Å². The van der Waals surface area contributed by atoms with Crippen molar-refractivity contribution in [2.75, 3.05) is 12.3 Å². The van der Waals surface area contributed by atoms with Crippen LogP contribution in [0.4, 0.5) is 5.69 Å². The summed E-state index contributed by atoms with van der Waals surface area (Å²) >= 11 is 5.72. The number of anilines is 1. The number of rotatable bonds is 5. The number of aliphatic hydroxyl groups excluding tert-OH is 1. The van der Waals surface area contributed by atoms with Gasteiger partial charge in [-0.15, -0.1) is 0 Å². The van der Waals surface area contributed by atoms with Crippen molar-refractivity contribution in [3.63, 3.8) is 0 Å². The smallest absolute Gasteiger partial charge is 0.242 e. The van der Waals surface area contributed by atoms with E-state index in [-0.39, 0.29) is 17.1 Å². The van der Waals surface area contributed by atoms with Gasteiger partial charge in [0.05, 0.1) is 11.8 Å². The number of nitrogens with two attached hydrogens (primary N) is 1. The molecule has 17 heavy (non-hydrogen) atoms.